The fourth-order valence-corrected chi connectivity index (χ4v) is 3.64. The van der Waals surface area contributed by atoms with Gasteiger partial charge in [0.15, 0.2) is 0 Å². The Morgan fingerprint density at radius 2 is 1.64 bits per heavy atom. The van der Waals surface area contributed by atoms with Crippen LogP contribution in [0.25, 0.3) is 22.0 Å². The summed E-state index contributed by atoms with van der Waals surface area (Å²) in [5, 5.41) is 1.12. The van der Waals surface area contributed by atoms with Crippen LogP contribution in [0.4, 0.5) is 0 Å². The van der Waals surface area contributed by atoms with E-state index >= 15 is 0 Å². The summed E-state index contributed by atoms with van der Waals surface area (Å²) < 4.78 is 5.79. The molecule has 1 heterocycles. The zero-order chi connectivity index (χ0) is 22.7. The highest BCUT2D eigenvalue weighted by molar-refractivity contribution is 5.85. The zero-order valence-electron chi connectivity index (χ0n) is 19.0. The van der Waals surface area contributed by atoms with E-state index in [0.717, 1.165) is 51.9 Å². The second-order valence-corrected chi connectivity index (χ2v) is 7.89. The van der Waals surface area contributed by atoms with Crippen LogP contribution in [0.5, 0.6) is 5.75 Å². The van der Waals surface area contributed by atoms with E-state index in [4.69, 9.17) is 4.74 Å². The maximum Gasteiger partial charge on any atom is 0.119 e. The van der Waals surface area contributed by atoms with Crippen molar-refractivity contribution in [3.8, 4) is 40.6 Å². The molecule has 0 saturated carbocycles. The molecular formula is C31H27NO. The summed E-state index contributed by atoms with van der Waals surface area (Å²) >= 11 is 0. The smallest absolute Gasteiger partial charge is 0.119 e. The topological polar surface area (TPSA) is 22.1 Å². The van der Waals surface area contributed by atoms with Gasteiger partial charge in [-0.05, 0) is 77.9 Å². The average molecular weight is 430 g/mol. The molecule has 4 aromatic rings. The Morgan fingerprint density at radius 3 is 2.52 bits per heavy atom. The van der Waals surface area contributed by atoms with E-state index in [1.165, 1.54) is 19.3 Å². The molecule has 0 unspecified atom stereocenters. The van der Waals surface area contributed by atoms with Gasteiger partial charge in [-0.3, -0.25) is 4.98 Å². The number of benzene rings is 3. The van der Waals surface area contributed by atoms with Gasteiger partial charge in [-0.15, -0.1) is 0 Å². The molecule has 33 heavy (non-hydrogen) atoms. The SMILES string of the molecule is CCCCCCOc1ccc(C#CC#Cc2ccccc2-c2ccc3ncccc3c2)cc1. The van der Waals surface area contributed by atoms with Gasteiger partial charge < -0.3 is 4.74 Å². The van der Waals surface area contributed by atoms with E-state index in [9.17, 15) is 0 Å². The zero-order valence-corrected chi connectivity index (χ0v) is 19.0. The number of ether oxygens (including phenoxy) is 1. The average Bonchev–Trinajstić information content (AvgIpc) is 2.87. The lowest BCUT2D eigenvalue weighted by Gasteiger charge is -2.06. The fraction of sp³-hybridized carbons (Fsp3) is 0.194. The lowest BCUT2D eigenvalue weighted by molar-refractivity contribution is 0.305. The van der Waals surface area contributed by atoms with Gasteiger partial charge in [0.1, 0.15) is 5.75 Å². The van der Waals surface area contributed by atoms with Gasteiger partial charge in [0.2, 0.25) is 0 Å². The first kappa shape index (κ1) is 22.2. The molecule has 4 rings (SSSR count). The molecule has 1 aromatic heterocycles. The molecule has 0 aliphatic carbocycles. The molecule has 0 aliphatic rings. The highest BCUT2D eigenvalue weighted by Crippen LogP contribution is 2.26. The van der Waals surface area contributed by atoms with Crippen molar-refractivity contribution < 1.29 is 4.74 Å². The first-order chi connectivity index (χ1) is 16.3. The molecule has 0 N–H and O–H groups in total. The maximum atomic E-state index is 5.79. The molecule has 0 amide bonds. The van der Waals surface area contributed by atoms with Crippen molar-refractivity contribution >= 4 is 10.9 Å². The number of nitrogens with zero attached hydrogens (tertiary/aromatic N) is 1. The number of fused-ring (bicyclic) bond motifs is 1. The van der Waals surface area contributed by atoms with Crippen molar-refractivity contribution in [2.45, 2.75) is 32.6 Å². The summed E-state index contributed by atoms with van der Waals surface area (Å²) in [6.45, 7) is 2.98. The molecule has 0 fully saturated rings. The van der Waals surface area contributed by atoms with Crippen molar-refractivity contribution in [3.05, 3.63) is 96.2 Å². The normalized spacial score (nSPS) is 10.1. The molecule has 0 radical (unpaired) electrons. The predicted octanol–water partition coefficient (Wildman–Crippen LogP) is 7.26. The molecular weight excluding hydrogens is 402 g/mol. The van der Waals surface area contributed by atoms with Crippen LogP contribution in [-0.4, -0.2) is 11.6 Å². The first-order valence-corrected chi connectivity index (χ1v) is 11.5. The lowest BCUT2D eigenvalue weighted by atomic mass is 9.98. The lowest BCUT2D eigenvalue weighted by Crippen LogP contribution is -1.96. The summed E-state index contributed by atoms with van der Waals surface area (Å²) in [5.74, 6) is 13.2. The summed E-state index contributed by atoms with van der Waals surface area (Å²) in [4.78, 5) is 4.40. The number of unbranched alkanes of at least 4 members (excludes halogenated alkanes) is 3. The van der Waals surface area contributed by atoms with E-state index in [1.807, 2.05) is 60.8 Å². The Bertz CT molecular complexity index is 1330. The first-order valence-electron chi connectivity index (χ1n) is 11.5. The van der Waals surface area contributed by atoms with Gasteiger partial charge in [-0.25, -0.2) is 0 Å². The Morgan fingerprint density at radius 1 is 0.788 bits per heavy atom. The number of hydrogen-bond donors (Lipinski definition) is 0. The minimum Gasteiger partial charge on any atom is -0.494 e. The van der Waals surface area contributed by atoms with Crippen LogP contribution < -0.4 is 4.74 Å². The van der Waals surface area contributed by atoms with Crippen molar-refractivity contribution in [1.82, 2.24) is 4.98 Å². The summed E-state index contributed by atoms with van der Waals surface area (Å²) in [6.07, 6.45) is 6.64. The van der Waals surface area contributed by atoms with E-state index < -0.39 is 0 Å². The monoisotopic (exact) mass is 429 g/mol. The van der Waals surface area contributed by atoms with E-state index in [-0.39, 0.29) is 0 Å². The van der Waals surface area contributed by atoms with Gasteiger partial charge in [-0.2, -0.15) is 0 Å². The summed E-state index contributed by atoms with van der Waals surface area (Å²) in [7, 11) is 0. The predicted molar refractivity (Wildman–Crippen MR) is 137 cm³/mol. The maximum absolute atomic E-state index is 5.79. The standard InChI is InChI=1S/C31H27NO/c1-2-3-4-9-23-33-29-19-16-25(17-20-29)11-5-6-12-26-13-7-8-15-30(26)27-18-21-31-28(24-27)14-10-22-32-31/h7-8,10,13-22,24H,2-4,9,23H2,1H3. The van der Waals surface area contributed by atoms with Crippen molar-refractivity contribution in [1.29, 1.82) is 0 Å². The van der Waals surface area contributed by atoms with Crippen LogP contribution in [0.1, 0.15) is 43.7 Å². The third-order valence-electron chi connectivity index (χ3n) is 5.43. The van der Waals surface area contributed by atoms with Crippen LogP contribution in [0.2, 0.25) is 0 Å². The number of hydrogen-bond acceptors (Lipinski definition) is 2. The summed E-state index contributed by atoms with van der Waals surface area (Å²) in [5.41, 5.74) is 5.10. The van der Waals surface area contributed by atoms with Crippen LogP contribution in [-0.2, 0) is 0 Å². The highest BCUT2D eigenvalue weighted by Gasteiger charge is 2.04. The van der Waals surface area contributed by atoms with Gasteiger partial charge in [0, 0.05) is 22.7 Å². The molecule has 3 aromatic carbocycles. The second-order valence-electron chi connectivity index (χ2n) is 7.89. The Labute approximate surface area is 196 Å². The molecule has 2 nitrogen and oxygen atoms in total. The van der Waals surface area contributed by atoms with Crippen LogP contribution in [0, 0.1) is 23.7 Å². The second kappa shape index (κ2) is 11.6. The van der Waals surface area contributed by atoms with E-state index in [0.29, 0.717) is 0 Å². The fourth-order valence-electron chi connectivity index (χ4n) is 3.64. The molecule has 0 saturated heterocycles. The minimum atomic E-state index is 0.767. The van der Waals surface area contributed by atoms with Crippen LogP contribution in [0.15, 0.2) is 85.1 Å². The third kappa shape index (κ3) is 6.25. The van der Waals surface area contributed by atoms with Crippen LogP contribution in [0.3, 0.4) is 0 Å². The van der Waals surface area contributed by atoms with Crippen molar-refractivity contribution in [2.24, 2.45) is 0 Å². The Kier molecular flexibility index (Phi) is 7.78. The number of rotatable bonds is 7. The van der Waals surface area contributed by atoms with Gasteiger partial charge in [-0.1, -0.05) is 68.4 Å². The molecule has 162 valence electrons. The molecule has 0 spiro atoms. The van der Waals surface area contributed by atoms with Gasteiger partial charge >= 0.3 is 0 Å². The number of pyridine rings is 1. The van der Waals surface area contributed by atoms with E-state index in [1.54, 1.807) is 0 Å². The van der Waals surface area contributed by atoms with Gasteiger partial charge in [0.05, 0.1) is 12.1 Å². The van der Waals surface area contributed by atoms with Crippen LogP contribution >= 0.6 is 0 Å². The van der Waals surface area contributed by atoms with Gasteiger partial charge in [0.25, 0.3) is 0 Å². The summed E-state index contributed by atoms with van der Waals surface area (Å²) in [6, 6.07) is 26.4. The van der Waals surface area contributed by atoms with Crippen molar-refractivity contribution in [3.63, 3.8) is 0 Å². The van der Waals surface area contributed by atoms with Crippen molar-refractivity contribution in [2.75, 3.05) is 6.61 Å². The highest BCUT2D eigenvalue weighted by atomic mass is 16.5. The third-order valence-corrected chi connectivity index (χ3v) is 5.43. The minimum absolute atomic E-state index is 0.767. The molecule has 0 aliphatic heterocycles. The number of aromatic nitrogens is 1. The van der Waals surface area contributed by atoms with E-state index in [2.05, 4.69) is 59.9 Å². The Balaban J connectivity index is 1.44. The molecule has 2 heteroatoms. The quantitative estimate of drug-likeness (QED) is 0.228. The largest absolute Gasteiger partial charge is 0.494 e. The molecule has 0 bridgehead atoms. The molecule has 0 atom stereocenters. The Hall–Kier alpha value is -4.01.